The number of benzene rings is 1. The van der Waals surface area contributed by atoms with E-state index in [1.54, 1.807) is 0 Å². The summed E-state index contributed by atoms with van der Waals surface area (Å²) in [6.45, 7) is 0.552. The molecule has 0 unspecified atom stereocenters. The molecule has 2 amide bonds. The lowest BCUT2D eigenvalue weighted by molar-refractivity contribution is -0.129. The highest BCUT2D eigenvalue weighted by Gasteiger charge is 2.38. The number of likely N-dealkylation sites (tertiary alicyclic amines) is 1. The van der Waals surface area contributed by atoms with Crippen molar-refractivity contribution >= 4 is 34.2 Å². The first-order valence-electron chi connectivity index (χ1n) is 9.70. The summed E-state index contributed by atoms with van der Waals surface area (Å²) in [5.74, 6) is 0.695. The molecule has 0 spiro atoms. The molecule has 0 bridgehead atoms. The van der Waals surface area contributed by atoms with E-state index in [0.29, 0.717) is 19.0 Å². The van der Waals surface area contributed by atoms with Crippen molar-refractivity contribution in [3.05, 3.63) is 30.3 Å². The Bertz CT molecular complexity index is 874. The summed E-state index contributed by atoms with van der Waals surface area (Å²) in [6.07, 6.45) is 4.85. The molecule has 1 saturated heterocycles. The molecular weight excluding hydrogens is 340 g/mol. The van der Waals surface area contributed by atoms with Crippen molar-refractivity contribution in [3.63, 3.8) is 0 Å². The molecule has 27 heavy (non-hydrogen) atoms. The smallest absolute Gasteiger partial charge is 0.229 e. The van der Waals surface area contributed by atoms with Crippen LogP contribution >= 0.6 is 0 Å². The van der Waals surface area contributed by atoms with Crippen molar-refractivity contribution in [1.29, 1.82) is 0 Å². The molecule has 142 valence electrons. The molecule has 0 radical (unpaired) electrons. The third-order valence-electron chi connectivity index (χ3n) is 5.69. The molecule has 1 aromatic carbocycles. The highest BCUT2D eigenvalue weighted by molar-refractivity contribution is 5.98. The summed E-state index contributed by atoms with van der Waals surface area (Å²) in [4.78, 5) is 33.5. The van der Waals surface area contributed by atoms with E-state index >= 15 is 0 Å². The number of amides is 2. The van der Waals surface area contributed by atoms with Gasteiger partial charge in [0.15, 0.2) is 0 Å². The topological polar surface area (TPSA) is 65.5 Å². The number of hydrogen-bond donors (Lipinski definition) is 1. The minimum Gasteiger partial charge on any atom is -0.363 e. The van der Waals surface area contributed by atoms with Crippen LogP contribution in [-0.2, 0) is 9.59 Å². The van der Waals surface area contributed by atoms with Gasteiger partial charge >= 0.3 is 0 Å². The van der Waals surface area contributed by atoms with Gasteiger partial charge in [0.2, 0.25) is 11.8 Å². The number of carbonyl (C=O) groups is 2. The SMILES string of the molecule is CN(C)c1ccc2cc(NC(=O)[C@@H]3CC(=O)N(C4CCCC4)C3)ccc2n1. The quantitative estimate of drug-likeness (QED) is 0.903. The fraction of sp³-hybridized carbons (Fsp3) is 0.476. The maximum Gasteiger partial charge on any atom is 0.229 e. The van der Waals surface area contributed by atoms with Crippen molar-refractivity contribution in [2.75, 3.05) is 30.9 Å². The Morgan fingerprint density at radius 1 is 1.19 bits per heavy atom. The number of pyridine rings is 1. The molecule has 6 heteroatoms. The molecule has 4 rings (SSSR count). The number of nitrogens with one attached hydrogen (secondary N) is 1. The molecule has 2 heterocycles. The zero-order chi connectivity index (χ0) is 19.0. The average Bonchev–Trinajstić information content (AvgIpc) is 3.30. The van der Waals surface area contributed by atoms with Gasteiger partial charge in [0.25, 0.3) is 0 Å². The predicted octanol–water partition coefficient (Wildman–Crippen LogP) is 3.03. The normalized spacial score (nSPS) is 20.4. The molecule has 1 aliphatic heterocycles. The Labute approximate surface area is 159 Å². The largest absolute Gasteiger partial charge is 0.363 e. The Kier molecular flexibility index (Phi) is 4.72. The van der Waals surface area contributed by atoms with E-state index in [9.17, 15) is 9.59 Å². The van der Waals surface area contributed by atoms with Gasteiger partial charge in [0, 0.05) is 44.2 Å². The minimum atomic E-state index is -0.261. The van der Waals surface area contributed by atoms with E-state index in [1.165, 1.54) is 12.8 Å². The monoisotopic (exact) mass is 366 g/mol. The third-order valence-corrected chi connectivity index (χ3v) is 5.69. The molecule has 1 atom stereocenters. The number of carbonyl (C=O) groups excluding carboxylic acids is 2. The molecule has 2 fully saturated rings. The van der Waals surface area contributed by atoms with Crippen molar-refractivity contribution in [1.82, 2.24) is 9.88 Å². The van der Waals surface area contributed by atoms with Crippen LogP contribution in [-0.4, -0.2) is 48.4 Å². The van der Waals surface area contributed by atoms with Gasteiger partial charge < -0.3 is 15.1 Å². The summed E-state index contributed by atoms with van der Waals surface area (Å²) in [7, 11) is 3.92. The first-order chi connectivity index (χ1) is 13.0. The average molecular weight is 366 g/mol. The Hall–Kier alpha value is -2.63. The van der Waals surface area contributed by atoms with Crippen LogP contribution in [0.15, 0.2) is 30.3 Å². The van der Waals surface area contributed by atoms with E-state index in [0.717, 1.165) is 35.2 Å². The molecule has 2 aliphatic rings. The number of aromatic nitrogens is 1. The fourth-order valence-electron chi connectivity index (χ4n) is 4.16. The van der Waals surface area contributed by atoms with Crippen LogP contribution < -0.4 is 10.2 Å². The Morgan fingerprint density at radius 2 is 1.96 bits per heavy atom. The van der Waals surface area contributed by atoms with Gasteiger partial charge in [-0.05, 0) is 43.2 Å². The van der Waals surface area contributed by atoms with Crippen LogP contribution in [0.25, 0.3) is 10.9 Å². The van der Waals surface area contributed by atoms with Crippen LogP contribution in [0, 0.1) is 5.92 Å². The molecule has 6 nitrogen and oxygen atoms in total. The molecule has 1 saturated carbocycles. The van der Waals surface area contributed by atoms with Gasteiger partial charge in [-0.25, -0.2) is 4.98 Å². The first-order valence-corrected chi connectivity index (χ1v) is 9.70. The van der Waals surface area contributed by atoms with Crippen LogP contribution in [0.5, 0.6) is 0 Å². The van der Waals surface area contributed by atoms with E-state index in [-0.39, 0.29) is 17.7 Å². The van der Waals surface area contributed by atoms with Crippen molar-refractivity contribution in [3.8, 4) is 0 Å². The lowest BCUT2D eigenvalue weighted by atomic mass is 10.1. The fourth-order valence-corrected chi connectivity index (χ4v) is 4.16. The summed E-state index contributed by atoms with van der Waals surface area (Å²) < 4.78 is 0. The highest BCUT2D eigenvalue weighted by atomic mass is 16.2. The van der Waals surface area contributed by atoms with E-state index in [1.807, 2.05) is 54.2 Å². The van der Waals surface area contributed by atoms with E-state index < -0.39 is 0 Å². The van der Waals surface area contributed by atoms with Crippen molar-refractivity contribution < 1.29 is 9.59 Å². The summed E-state index contributed by atoms with van der Waals surface area (Å²) in [5.41, 5.74) is 1.64. The molecule has 1 aromatic heterocycles. The summed E-state index contributed by atoms with van der Waals surface area (Å²) in [5, 5.41) is 3.97. The summed E-state index contributed by atoms with van der Waals surface area (Å²) >= 11 is 0. The maximum atomic E-state index is 12.7. The van der Waals surface area contributed by atoms with E-state index in [2.05, 4.69) is 10.3 Å². The standard InChI is InChI=1S/C21H26N4O2/c1-24(2)19-10-7-14-11-16(8-9-18(14)23-19)22-21(27)15-12-20(26)25(13-15)17-5-3-4-6-17/h7-11,15,17H,3-6,12-13H2,1-2H3,(H,22,27)/t15-/m1/s1. The highest BCUT2D eigenvalue weighted by Crippen LogP contribution is 2.30. The lowest BCUT2D eigenvalue weighted by Crippen LogP contribution is -2.35. The number of anilines is 2. The predicted molar refractivity (Wildman–Crippen MR) is 107 cm³/mol. The number of hydrogen-bond acceptors (Lipinski definition) is 4. The van der Waals surface area contributed by atoms with Crippen molar-refractivity contribution in [2.45, 2.75) is 38.1 Å². The van der Waals surface area contributed by atoms with Gasteiger partial charge in [0.05, 0.1) is 11.4 Å². The zero-order valence-electron chi connectivity index (χ0n) is 15.9. The van der Waals surface area contributed by atoms with Crippen LogP contribution in [0.3, 0.4) is 0 Å². The Morgan fingerprint density at radius 3 is 2.70 bits per heavy atom. The second kappa shape index (κ2) is 7.18. The van der Waals surface area contributed by atoms with Crippen LogP contribution in [0.2, 0.25) is 0 Å². The van der Waals surface area contributed by atoms with Crippen molar-refractivity contribution in [2.24, 2.45) is 5.92 Å². The van der Waals surface area contributed by atoms with Crippen LogP contribution in [0.4, 0.5) is 11.5 Å². The molecule has 2 aromatic rings. The Balaban J connectivity index is 1.44. The lowest BCUT2D eigenvalue weighted by Gasteiger charge is -2.23. The van der Waals surface area contributed by atoms with Crippen LogP contribution in [0.1, 0.15) is 32.1 Å². The maximum absolute atomic E-state index is 12.7. The number of fused-ring (bicyclic) bond motifs is 1. The molecule has 1 N–H and O–H groups in total. The van der Waals surface area contributed by atoms with Gasteiger partial charge in [-0.2, -0.15) is 0 Å². The zero-order valence-corrected chi connectivity index (χ0v) is 15.9. The number of nitrogens with zero attached hydrogens (tertiary/aromatic N) is 3. The van der Waals surface area contributed by atoms with Gasteiger partial charge in [-0.1, -0.05) is 12.8 Å². The van der Waals surface area contributed by atoms with Gasteiger partial charge in [0.1, 0.15) is 5.82 Å². The summed E-state index contributed by atoms with van der Waals surface area (Å²) in [6, 6.07) is 10.0. The van der Waals surface area contributed by atoms with Gasteiger partial charge in [-0.15, -0.1) is 0 Å². The second-order valence-corrected chi connectivity index (χ2v) is 7.85. The second-order valence-electron chi connectivity index (χ2n) is 7.85. The first kappa shape index (κ1) is 17.8. The molecule has 1 aliphatic carbocycles. The minimum absolute atomic E-state index is 0.0685. The molecular formula is C21H26N4O2. The number of rotatable bonds is 4. The third kappa shape index (κ3) is 3.61. The van der Waals surface area contributed by atoms with Gasteiger partial charge in [-0.3, -0.25) is 9.59 Å². The van der Waals surface area contributed by atoms with E-state index in [4.69, 9.17) is 0 Å².